The first-order valence-electron chi connectivity index (χ1n) is 11.3. The zero-order valence-electron chi connectivity index (χ0n) is 18.9. The van der Waals surface area contributed by atoms with Gasteiger partial charge in [0.2, 0.25) is 0 Å². The number of aromatic nitrogens is 1. The van der Waals surface area contributed by atoms with Gasteiger partial charge in [-0.05, 0) is 83.1 Å². The molecular formula is C29H30N2. The third-order valence-corrected chi connectivity index (χ3v) is 7.32. The Balaban J connectivity index is 1.66. The van der Waals surface area contributed by atoms with E-state index < -0.39 is 0 Å². The van der Waals surface area contributed by atoms with Crippen LogP contribution in [-0.4, -0.2) is 11.6 Å². The molecule has 0 saturated carbocycles. The zero-order chi connectivity index (χ0) is 21.6. The van der Waals surface area contributed by atoms with Crippen LogP contribution in [0.3, 0.4) is 0 Å². The predicted molar refractivity (Wildman–Crippen MR) is 132 cm³/mol. The van der Waals surface area contributed by atoms with Crippen LogP contribution >= 0.6 is 0 Å². The van der Waals surface area contributed by atoms with Gasteiger partial charge in [0.25, 0.3) is 0 Å². The van der Waals surface area contributed by atoms with Gasteiger partial charge in [0.1, 0.15) is 0 Å². The van der Waals surface area contributed by atoms with Crippen LogP contribution in [0.15, 0.2) is 85.1 Å². The van der Waals surface area contributed by atoms with E-state index in [0.29, 0.717) is 0 Å². The molecule has 2 heteroatoms. The number of nitrogens with zero attached hydrogens (tertiary/aromatic N) is 2. The summed E-state index contributed by atoms with van der Waals surface area (Å²) in [5.74, 6) is 0. The summed E-state index contributed by atoms with van der Waals surface area (Å²) in [6.45, 7) is 4.68. The Kier molecular flexibility index (Phi) is 4.74. The van der Waals surface area contributed by atoms with E-state index in [0.717, 1.165) is 12.8 Å². The van der Waals surface area contributed by atoms with Crippen molar-refractivity contribution in [3.63, 3.8) is 0 Å². The van der Waals surface area contributed by atoms with E-state index in [1.54, 1.807) is 0 Å². The van der Waals surface area contributed by atoms with E-state index >= 15 is 0 Å². The summed E-state index contributed by atoms with van der Waals surface area (Å²) in [6.07, 6.45) is 4.31. The first kappa shape index (κ1) is 19.7. The van der Waals surface area contributed by atoms with E-state index in [1.165, 1.54) is 44.9 Å². The lowest BCUT2D eigenvalue weighted by atomic mass is 9.73. The highest BCUT2D eigenvalue weighted by atomic mass is 15.1. The van der Waals surface area contributed by atoms with Crippen molar-refractivity contribution in [2.24, 2.45) is 7.05 Å². The van der Waals surface area contributed by atoms with Crippen LogP contribution in [0.5, 0.6) is 0 Å². The van der Waals surface area contributed by atoms with Gasteiger partial charge < -0.3 is 9.47 Å². The van der Waals surface area contributed by atoms with E-state index in [-0.39, 0.29) is 5.41 Å². The number of aryl methyl sites for hydroxylation is 1. The first-order chi connectivity index (χ1) is 15.1. The maximum Gasteiger partial charge on any atom is 0.0477 e. The summed E-state index contributed by atoms with van der Waals surface area (Å²) < 4.78 is 2.20. The number of anilines is 2. The van der Waals surface area contributed by atoms with Gasteiger partial charge >= 0.3 is 0 Å². The van der Waals surface area contributed by atoms with Crippen molar-refractivity contribution < 1.29 is 0 Å². The van der Waals surface area contributed by atoms with E-state index in [1.807, 2.05) is 0 Å². The second-order valence-electron chi connectivity index (χ2n) is 8.68. The van der Waals surface area contributed by atoms with Crippen molar-refractivity contribution in [3.05, 3.63) is 96.2 Å². The van der Waals surface area contributed by atoms with Crippen LogP contribution in [0.25, 0.3) is 22.4 Å². The maximum atomic E-state index is 2.44. The number of hydrogen-bond acceptors (Lipinski definition) is 1. The molecular weight excluding hydrogens is 376 g/mol. The molecule has 1 heterocycles. The quantitative estimate of drug-likeness (QED) is 0.332. The fourth-order valence-electron chi connectivity index (χ4n) is 5.42. The van der Waals surface area contributed by atoms with Crippen molar-refractivity contribution in [1.29, 1.82) is 0 Å². The number of rotatable bonds is 5. The standard InChI is InChI=1S/C29H30N2/c1-5-29(6-2)26-19-21(28-13-10-18-30(28)3)14-16-24(26)25-17-15-23(20-27(25)29)31(4)22-11-8-7-9-12-22/h7-20H,5-6H2,1-4H3. The lowest BCUT2D eigenvalue weighted by Crippen LogP contribution is -2.23. The highest BCUT2D eigenvalue weighted by Gasteiger charge is 2.41. The third kappa shape index (κ3) is 2.93. The van der Waals surface area contributed by atoms with Gasteiger partial charge in [0.15, 0.2) is 0 Å². The highest BCUT2D eigenvalue weighted by molar-refractivity contribution is 5.85. The molecule has 31 heavy (non-hydrogen) atoms. The Labute approximate surface area is 185 Å². The summed E-state index contributed by atoms with van der Waals surface area (Å²) in [5.41, 5.74) is 10.8. The minimum atomic E-state index is 0.0549. The van der Waals surface area contributed by atoms with E-state index in [9.17, 15) is 0 Å². The van der Waals surface area contributed by atoms with Gasteiger partial charge in [0.05, 0.1) is 0 Å². The molecule has 0 aliphatic heterocycles. The summed E-state index contributed by atoms with van der Waals surface area (Å²) in [6, 6.07) is 29.0. The van der Waals surface area contributed by atoms with Crippen LogP contribution < -0.4 is 4.90 Å². The molecule has 0 N–H and O–H groups in total. The van der Waals surface area contributed by atoms with Crippen LogP contribution in [-0.2, 0) is 12.5 Å². The molecule has 0 bridgehead atoms. The van der Waals surface area contributed by atoms with Gasteiger partial charge in [-0.1, -0.05) is 50.2 Å². The summed E-state index contributed by atoms with van der Waals surface area (Å²) in [7, 11) is 4.28. The fraction of sp³-hybridized carbons (Fsp3) is 0.241. The maximum absolute atomic E-state index is 2.44. The molecule has 0 saturated heterocycles. The third-order valence-electron chi connectivity index (χ3n) is 7.32. The molecule has 2 nitrogen and oxygen atoms in total. The minimum Gasteiger partial charge on any atom is -0.351 e. The molecule has 0 unspecified atom stereocenters. The van der Waals surface area contributed by atoms with Crippen molar-refractivity contribution >= 4 is 11.4 Å². The molecule has 1 aliphatic rings. The molecule has 0 atom stereocenters. The van der Waals surface area contributed by atoms with Crippen LogP contribution in [0.2, 0.25) is 0 Å². The van der Waals surface area contributed by atoms with E-state index in [4.69, 9.17) is 0 Å². The van der Waals surface area contributed by atoms with E-state index in [2.05, 4.69) is 122 Å². The Morgan fingerprint density at radius 2 is 1.42 bits per heavy atom. The second-order valence-corrected chi connectivity index (χ2v) is 8.68. The Morgan fingerprint density at radius 3 is 2.06 bits per heavy atom. The minimum absolute atomic E-state index is 0.0549. The van der Waals surface area contributed by atoms with Crippen LogP contribution in [0.4, 0.5) is 11.4 Å². The average molecular weight is 407 g/mol. The highest BCUT2D eigenvalue weighted by Crippen LogP contribution is 2.54. The Morgan fingerprint density at radius 1 is 0.742 bits per heavy atom. The molecule has 4 aromatic rings. The van der Waals surface area contributed by atoms with Gasteiger partial charge in [-0.3, -0.25) is 0 Å². The monoisotopic (exact) mass is 406 g/mol. The number of para-hydroxylation sites is 1. The molecule has 1 aliphatic carbocycles. The first-order valence-corrected chi connectivity index (χ1v) is 11.3. The molecule has 5 rings (SSSR count). The van der Waals surface area contributed by atoms with Crippen LogP contribution in [0, 0.1) is 0 Å². The average Bonchev–Trinajstić information content (AvgIpc) is 3.37. The smallest absolute Gasteiger partial charge is 0.0477 e. The lowest BCUT2D eigenvalue weighted by molar-refractivity contribution is 0.490. The topological polar surface area (TPSA) is 8.17 Å². The molecule has 156 valence electrons. The number of hydrogen-bond donors (Lipinski definition) is 0. The summed E-state index contributed by atoms with van der Waals surface area (Å²) >= 11 is 0. The van der Waals surface area contributed by atoms with Gasteiger partial charge in [0, 0.05) is 42.8 Å². The number of benzene rings is 3. The largest absolute Gasteiger partial charge is 0.351 e. The van der Waals surface area contributed by atoms with Crippen molar-refractivity contribution in [3.8, 4) is 22.4 Å². The molecule has 0 fully saturated rings. The van der Waals surface area contributed by atoms with Crippen LogP contribution in [0.1, 0.15) is 37.8 Å². The molecule has 0 radical (unpaired) electrons. The molecule has 0 spiro atoms. The SMILES string of the molecule is CCC1(CC)c2cc(-c3cccn3C)ccc2-c2ccc(N(C)c3ccccc3)cc21. The number of fused-ring (bicyclic) bond motifs is 3. The molecule has 0 amide bonds. The second kappa shape index (κ2) is 7.46. The lowest BCUT2D eigenvalue weighted by Gasteiger charge is -2.31. The van der Waals surface area contributed by atoms with Crippen molar-refractivity contribution in [2.75, 3.05) is 11.9 Å². The van der Waals surface area contributed by atoms with Gasteiger partial charge in [-0.25, -0.2) is 0 Å². The van der Waals surface area contributed by atoms with Gasteiger partial charge in [-0.15, -0.1) is 0 Å². The molecule has 3 aromatic carbocycles. The molecule has 1 aromatic heterocycles. The zero-order valence-corrected chi connectivity index (χ0v) is 18.9. The fourth-order valence-corrected chi connectivity index (χ4v) is 5.42. The normalized spacial score (nSPS) is 13.7. The van der Waals surface area contributed by atoms with Crippen molar-refractivity contribution in [1.82, 2.24) is 4.57 Å². The summed E-state index contributed by atoms with van der Waals surface area (Å²) in [5, 5.41) is 0. The summed E-state index contributed by atoms with van der Waals surface area (Å²) in [4.78, 5) is 2.29. The Hall–Kier alpha value is -3.26. The van der Waals surface area contributed by atoms with Gasteiger partial charge in [-0.2, -0.15) is 0 Å². The Bertz CT molecular complexity index is 1230. The predicted octanol–water partition coefficient (Wildman–Crippen LogP) is 7.55. The van der Waals surface area contributed by atoms with Crippen molar-refractivity contribution in [2.45, 2.75) is 32.1 Å².